The van der Waals surface area contributed by atoms with Crippen molar-refractivity contribution in [3.63, 3.8) is 0 Å². The lowest BCUT2D eigenvalue weighted by Crippen LogP contribution is -2.10. The van der Waals surface area contributed by atoms with Crippen LogP contribution in [-0.2, 0) is 6.42 Å². The van der Waals surface area contributed by atoms with Crippen LogP contribution in [0.15, 0.2) is 24.4 Å². The van der Waals surface area contributed by atoms with Gasteiger partial charge in [-0.3, -0.25) is 0 Å². The van der Waals surface area contributed by atoms with Gasteiger partial charge >= 0.3 is 0 Å². The van der Waals surface area contributed by atoms with Crippen LogP contribution in [0.5, 0.6) is 5.75 Å². The number of rotatable bonds is 3. The maximum atomic E-state index is 9.96. The molecule has 3 rings (SSSR count). The van der Waals surface area contributed by atoms with Crippen LogP contribution >= 0.6 is 0 Å². The molecule has 1 aromatic carbocycles. The third kappa shape index (κ3) is 1.48. The Bertz CT molecular complexity index is 526. The summed E-state index contributed by atoms with van der Waals surface area (Å²) < 4.78 is 5.29. The van der Waals surface area contributed by atoms with Crippen LogP contribution in [0.3, 0.4) is 0 Å². The van der Waals surface area contributed by atoms with Crippen molar-refractivity contribution in [3.8, 4) is 5.75 Å². The van der Waals surface area contributed by atoms with Crippen LogP contribution < -0.4 is 4.74 Å². The number of nitrogens with one attached hydrogen (secondary N) is 1. The predicted molar refractivity (Wildman–Crippen MR) is 62.7 cm³/mol. The molecular formula is C13H15NO2. The summed E-state index contributed by atoms with van der Waals surface area (Å²) in [6, 6.07) is 6.05. The lowest BCUT2D eigenvalue weighted by atomic mass is 10.0. The molecule has 0 saturated heterocycles. The molecule has 1 aliphatic carbocycles. The summed E-state index contributed by atoms with van der Waals surface area (Å²) in [6.07, 6.45) is 4.49. The Morgan fingerprint density at radius 1 is 1.38 bits per heavy atom. The molecule has 0 spiro atoms. The lowest BCUT2D eigenvalue weighted by molar-refractivity contribution is 0.151. The van der Waals surface area contributed by atoms with Crippen LogP contribution in [0, 0.1) is 0 Å². The van der Waals surface area contributed by atoms with Gasteiger partial charge in [0.05, 0.1) is 18.2 Å². The van der Waals surface area contributed by atoms with E-state index in [4.69, 9.17) is 4.74 Å². The molecule has 0 aliphatic heterocycles. The zero-order valence-electron chi connectivity index (χ0n) is 9.29. The number of ether oxygens (including phenoxy) is 1. The molecule has 2 aromatic rings. The summed E-state index contributed by atoms with van der Waals surface area (Å²) >= 11 is 0. The van der Waals surface area contributed by atoms with Crippen molar-refractivity contribution in [1.82, 2.24) is 4.98 Å². The molecule has 3 nitrogen and oxygen atoms in total. The Kier molecular flexibility index (Phi) is 1.98. The van der Waals surface area contributed by atoms with Crippen molar-refractivity contribution < 1.29 is 9.84 Å². The van der Waals surface area contributed by atoms with E-state index in [1.165, 1.54) is 5.56 Å². The number of hydrogen-bond acceptors (Lipinski definition) is 2. The number of methoxy groups -OCH3 is 1. The van der Waals surface area contributed by atoms with Gasteiger partial charge in [0.1, 0.15) is 5.75 Å². The minimum atomic E-state index is -0.446. The van der Waals surface area contributed by atoms with Crippen molar-refractivity contribution in [3.05, 3.63) is 30.0 Å². The minimum absolute atomic E-state index is 0.446. The number of fused-ring (bicyclic) bond motifs is 1. The van der Waals surface area contributed by atoms with E-state index in [1.807, 2.05) is 24.4 Å². The van der Waals surface area contributed by atoms with Crippen LogP contribution in [0.25, 0.3) is 10.9 Å². The van der Waals surface area contributed by atoms with Gasteiger partial charge in [0.2, 0.25) is 0 Å². The first-order chi connectivity index (χ1) is 7.72. The summed E-state index contributed by atoms with van der Waals surface area (Å²) in [7, 11) is 1.67. The highest BCUT2D eigenvalue weighted by molar-refractivity contribution is 5.88. The summed E-state index contributed by atoms with van der Waals surface area (Å²) in [4.78, 5) is 3.18. The van der Waals surface area contributed by atoms with Gasteiger partial charge < -0.3 is 14.8 Å². The summed E-state index contributed by atoms with van der Waals surface area (Å²) in [5, 5.41) is 11.1. The Hall–Kier alpha value is -1.48. The molecule has 3 heteroatoms. The van der Waals surface area contributed by atoms with Crippen molar-refractivity contribution in [2.75, 3.05) is 7.11 Å². The van der Waals surface area contributed by atoms with E-state index in [0.717, 1.165) is 35.9 Å². The van der Waals surface area contributed by atoms with Gasteiger partial charge in [0, 0.05) is 18.0 Å². The van der Waals surface area contributed by atoms with Gasteiger partial charge in [0.15, 0.2) is 0 Å². The zero-order valence-corrected chi connectivity index (χ0v) is 9.29. The zero-order chi connectivity index (χ0) is 11.2. The highest BCUT2D eigenvalue weighted by atomic mass is 16.5. The molecule has 0 unspecified atom stereocenters. The van der Waals surface area contributed by atoms with Gasteiger partial charge in [-0.05, 0) is 30.5 Å². The van der Waals surface area contributed by atoms with Gasteiger partial charge in [0.25, 0.3) is 0 Å². The predicted octanol–water partition coefficient (Wildman–Crippen LogP) is 2.24. The average Bonchev–Trinajstić information content (AvgIpc) is 2.82. The molecular weight excluding hydrogens is 202 g/mol. The second-order valence-corrected chi connectivity index (χ2v) is 4.59. The molecule has 16 heavy (non-hydrogen) atoms. The van der Waals surface area contributed by atoms with Crippen molar-refractivity contribution in [2.45, 2.75) is 24.9 Å². The monoisotopic (exact) mass is 217 g/mol. The summed E-state index contributed by atoms with van der Waals surface area (Å²) in [6.45, 7) is 0. The number of hydrogen-bond donors (Lipinski definition) is 2. The van der Waals surface area contributed by atoms with Crippen LogP contribution in [0.2, 0.25) is 0 Å². The molecule has 0 amide bonds. The Morgan fingerprint density at radius 3 is 2.88 bits per heavy atom. The minimum Gasteiger partial charge on any atom is -0.495 e. The Morgan fingerprint density at radius 2 is 2.19 bits per heavy atom. The molecule has 1 heterocycles. The molecule has 2 N–H and O–H groups in total. The van der Waals surface area contributed by atoms with E-state index in [1.54, 1.807) is 7.11 Å². The van der Waals surface area contributed by atoms with E-state index >= 15 is 0 Å². The summed E-state index contributed by atoms with van der Waals surface area (Å²) in [5.74, 6) is 0.853. The van der Waals surface area contributed by atoms with E-state index < -0.39 is 5.60 Å². The molecule has 1 saturated carbocycles. The number of H-pyrrole nitrogens is 1. The van der Waals surface area contributed by atoms with E-state index in [-0.39, 0.29) is 0 Å². The first-order valence-electron chi connectivity index (χ1n) is 5.57. The molecule has 1 aromatic heterocycles. The quantitative estimate of drug-likeness (QED) is 0.828. The summed E-state index contributed by atoms with van der Waals surface area (Å²) in [5.41, 5.74) is 1.76. The van der Waals surface area contributed by atoms with Crippen molar-refractivity contribution in [1.29, 1.82) is 0 Å². The number of aliphatic hydroxyl groups is 1. The topological polar surface area (TPSA) is 45.2 Å². The fourth-order valence-electron chi connectivity index (χ4n) is 2.19. The van der Waals surface area contributed by atoms with Gasteiger partial charge in [-0.2, -0.15) is 0 Å². The Labute approximate surface area is 94.0 Å². The van der Waals surface area contributed by atoms with Crippen LogP contribution in [0.4, 0.5) is 0 Å². The largest absolute Gasteiger partial charge is 0.495 e. The van der Waals surface area contributed by atoms with E-state index in [9.17, 15) is 5.11 Å². The first-order valence-corrected chi connectivity index (χ1v) is 5.57. The second kappa shape index (κ2) is 3.25. The smallest absolute Gasteiger partial charge is 0.142 e. The number of aromatic amines is 1. The first kappa shape index (κ1) is 9.73. The highest BCUT2D eigenvalue weighted by Crippen LogP contribution is 2.40. The normalized spacial score (nSPS) is 17.6. The van der Waals surface area contributed by atoms with Crippen LogP contribution in [-0.4, -0.2) is 22.8 Å². The Balaban J connectivity index is 2.08. The molecule has 0 bridgehead atoms. The fraction of sp³-hybridized carbons (Fsp3) is 0.385. The average molecular weight is 217 g/mol. The SMILES string of the molecule is COc1ccc(CC2(O)CC2)c2cc[nH]c12. The third-order valence-corrected chi connectivity index (χ3v) is 3.34. The van der Waals surface area contributed by atoms with Gasteiger partial charge in [-0.1, -0.05) is 6.07 Å². The third-order valence-electron chi connectivity index (χ3n) is 3.34. The molecule has 0 radical (unpaired) electrons. The maximum Gasteiger partial charge on any atom is 0.142 e. The highest BCUT2D eigenvalue weighted by Gasteiger charge is 2.40. The molecule has 0 atom stereocenters. The molecule has 84 valence electrons. The fourth-order valence-corrected chi connectivity index (χ4v) is 2.19. The van der Waals surface area contributed by atoms with Gasteiger partial charge in [-0.15, -0.1) is 0 Å². The number of aromatic nitrogens is 1. The molecule has 1 fully saturated rings. The van der Waals surface area contributed by atoms with E-state index in [0.29, 0.717) is 0 Å². The molecule has 1 aliphatic rings. The van der Waals surface area contributed by atoms with Crippen molar-refractivity contribution >= 4 is 10.9 Å². The maximum absolute atomic E-state index is 9.96. The second-order valence-electron chi connectivity index (χ2n) is 4.59. The van der Waals surface area contributed by atoms with E-state index in [2.05, 4.69) is 4.98 Å². The van der Waals surface area contributed by atoms with Crippen LogP contribution in [0.1, 0.15) is 18.4 Å². The lowest BCUT2D eigenvalue weighted by Gasteiger charge is -2.10. The van der Waals surface area contributed by atoms with Crippen molar-refractivity contribution in [2.24, 2.45) is 0 Å². The number of benzene rings is 1. The van der Waals surface area contributed by atoms with Gasteiger partial charge in [-0.25, -0.2) is 0 Å². The standard InChI is InChI=1S/C13H15NO2/c1-16-11-3-2-9(8-13(15)5-6-13)10-4-7-14-12(10)11/h2-4,7,14-15H,5-6,8H2,1H3.